The van der Waals surface area contributed by atoms with E-state index in [0.717, 1.165) is 32.5 Å². The van der Waals surface area contributed by atoms with Gasteiger partial charge in [0.2, 0.25) is 5.91 Å². The van der Waals surface area contributed by atoms with Crippen molar-refractivity contribution >= 4 is 5.91 Å². The fourth-order valence-corrected chi connectivity index (χ4v) is 2.36. The Morgan fingerprint density at radius 3 is 2.81 bits per heavy atom. The van der Waals surface area contributed by atoms with Crippen LogP contribution in [0.5, 0.6) is 0 Å². The Morgan fingerprint density at radius 1 is 1.50 bits per heavy atom. The van der Waals surface area contributed by atoms with Crippen molar-refractivity contribution in [3.63, 3.8) is 0 Å². The molecule has 16 heavy (non-hydrogen) atoms. The zero-order valence-corrected chi connectivity index (χ0v) is 10.5. The Hall–Kier alpha value is -0.610. The largest absolute Gasteiger partial charge is 0.369 e. The zero-order chi connectivity index (χ0) is 12.0. The second-order valence-electron chi connectivity index (χ2n) is 4.94. The van der Waals surface area contributed by atoms with E-state index in [9.17, 15) is 4.79 Å². The van der Waals surface area contributed by atoms with E-state index in [1.54, 1.807) is 0 Å². The predicted molar refractivity (Wildman–Crippen MR) is 66.1 cm³/mol. The van der Waals surface area contributed by atoms with Crippen molar-refractivity contribution in [3.8, 4) is 0 Å². The van der Waals surface area contributed by atoms with Crippen LogP contribution in [0.25, 0.3) is 0 Å². The topological polar surface area (TPSA) is 58.4 Å². The van der Waals surface area contributed by atoms with Gasteiger partial charge in [-0.25, -0.2) is 0 Å². The van der Waals surface area contributed by atoms with Crippen LogP contribution in [0, 0.1) is 5.92 Å². The standard InChI is InChI=1S/C12H25N3O/c1-3-4-5-15(9-12(13)16)11-6-10(2)7-14-8-11/h10-11,14H,3-9H2,1-2H3,(H2,13,16). The number of rotatable bonds is 6. The van der Waals surface area contributed by atoms with Gasteiger partial charge >= 0.3 is 0 Å². The second-order valence-corrected chi connectivity index (χ2v) is 4.94. The number of amides is 1. The van der Waals surface area contributed by atoms with Gasteiger partial charge in [0.1, 0.15) is 0 Å². The number of carbonyl (C=O) groups is 1. The van der Waals surface area contributed by atoms with Crippen molar-refractivity contribution < 1.29 is 4.79 Å². The first-order chi connectivity index (χ1) is 7.63. The summed E-state index contributed by atoms with van der Waals surface area (Å²) >= 11 is 0. The van der Waals surface area contributed by atoms with Crippen molar-refractivity contribution in [1.29, 1.82) is 0 Å². The van der Waals surface area contributed by atoms with Crippen molar-refractivity contribution in [3.05, 3.63) is 0 Å². The van der Waals surface area contributed by atoms with Crippen molar-refractivity contribution in [2.24, 2.45) is 11.7 Å². The second kappa shape index (κ2) is 6.86. The number of hydrogen-bond acceptors (Lipinski definition) is 3. The van der Waals surface area contributed by atoms with Gasteiger partial charge in [0.05, 0.1) is 6.54 Å². The number of nitrogens with zero attached hydrogens (tertiary/aromatic N) is 1. The summed E-state index contributed by atoms with van der Waals surface area (Å²) in [6.45, 7) is 7.89. The molecule has 0 aromatic rings. The molecule has 2 atom stereocenters. The molecule has 4 heteroatoms. The minimum atomic E-state index is -0.214. The molecule has 1 aliphatic rings. The molecule has 94 valence electrons. The molecule has 0 aromatic heterocycles. The Labute approximate surface area is 98.6 Å². The van der Waals surface area contributed by atoms with Gasteiger partial charge in [0, 0.05) is 12.6 Å². The summed E-state index contributed by atoms with van der Waals surface area (Å²) < 4.78 is 0. The van der Waals surface area contributed by atoms with Gasteiger partial charge in [-0.2, -0.15) is 0 Å². The van der Waals surface area contributed by atoms with E-state index in [0.29, 0.717) is 18.5 Å². The average molecular weight is 227 g/mol. The quantitative estimate of drug-likeness (QED) is 0.697. The number of primary amides is 1. The average Bonchev–Trinajstić information content (AvgIpc) is 2.23. The maximum Gasteiger partial charge on any atom is 0.231 e. The number of nitrogens with two attached hydrogens (primary N) is 1. The first kappa shape index (κ1) is 13.5. The fraction of sp³-hybridized carbons (Fsp3) is 0.917. The van der Waals surface area contributed by atoms with E-state index in [2.05, 4.69) is 24.1 Å². The van der Waals surface area contributed by atoms with Crippen LogP contribution in [-0.2, 0) is 4.79 Å². The van der Waals surface area contributed by atoms with Gasteiger partial charge in [-0.1, -0.05) is 20.3 Å². The van der Waals surface area contributed by atoms with Gasteiger partial charge < -0.3 is 11.1 Å². The van der Waals surface area contributed by atoms with Crippen molar-refractivity contribution in [2.45, 2.75) is 39.2 Å². The molecule has 4 nitrogen and oxygen atoms in total. The third-order valence-corrected chi connectivity index (χ3v) is 3.22. The molecule has 1 amide bonds. The molecule has 0 aliphatic carbocycles. The Kier molecular flexibility index (Phi) is 5.77. The van der Waals surface area contributed by atoms with Crippen LogP contribution in [0.1, 0.15) is 33.1 Å². The van der Waals surface area contributed by atoms with Crippen LogP contribution in [0.4, 0.5) is 0 Å². The normalized spacial score (nSPS) is 25.9. The minimum Gasteiger partial charge on any atom is -0.369 e. The van der Waals surface area contributed by atoms with Gasteiger partial charge in [0.25, 0.3) is 0 Å². The molecule has 0 saturated carbocycles. The summed E-state index contributed by atoms with van der Waals surface area (Å²) in [5, 5.41) is 3.42. The van der Waals surface area contributed by atoms with Gasteiger partial charge in [-0.15, -0.1) is 0 Å². The summed E-state index contributed by atoms with van der Waals surface area (Å²) in [4.78, 5) is 13.3. The number of piperidine rings is 1. The molecular formula is C12H25N3O. The first-order valence-corrected chi connectivity index (χ1v) is 6.36. The van der Waals surface area contributed by atoms with E-state index >= 15 is 0 Å². The van der Waals surface area contributed by atoms with Gasteiger partial charge in [-0.3, -0.25) is 9.69 Å². The molecule has 1 aliphatic heterocycles. The molecule has 3 N–H and O–H groups in total. The van der Waals surface area contributed by atoms with E-state index in [1.165, 1.54) is 6.42 Å². The third-order valence-electron chi connectivity index (χ3n) is 3.22. The van der Waals surface area contributed by atoms with E-state index in [1.807, 2.05) is 0 Å². The lowest BCUT2D eigenvalue weighted by Gasteiger charge is -2.36. The highest BCUT2D eigenvalue weighted by atomic mass is 16.1. The highest BCUT2D eigenvalue weighted by Crippen LogP contribution is 2.15. The maximum atomic E-state index is 11.1. The summed E-state index contributed by atoms with van der Waals surface area (Å²) in [5.41, 5.74) is 5.31. The molecular weight excluding hydrogens is 202 g/mol. The number of carbonyl (C=O) groups excluding carboxylic acids is 1. The molecule has 1 fully saturated rings. The Bertz CT molecular complexity index is 220. The monoisotopic (exact) mass is 227 g/mol. The Morgan fingerprint density at radius 2 is 2.25 bits per heavy atom. The van der Waals surface area contributed by atoms with Crippen LogP contribution in [0.15, 0.2) is 0 Å². The lowest BCUT2D eigenvalue weighted by molar-refractivity contribution is -0.119. The summed E-state index contributed by atoms with van der Waals surface area (Å²) in [5.74, 6) is 0.477. The fourth-order valence-electron chi connectivity index (χ4n) is 2.36. The zero-order valence-electron chi connectivity index (χ0n) is 10.5. The Balaban J connectivity index is 2.48. The van der Waals surface area contributed by atoms with Crippen LogP contribution in [0.3, 0.4) is 0 Å². The van der Waals surface area contributed by atoms with Crippen molar-refractivity contribution in [1.82, 2.24) is 10.2 Å². The van der Waals surface area contributed by atoms with Crippen LogP contribution in [-0.4, -0.2) is 43.0 Å². The van der Waals surface area contributed by atoms with E-state index < -0.39 is 0 Å². The van der Waals surface area contributed by atoms with Gasteiger partial charge in [-0.05, 0) is 31.8 Å². The van der Waals surface area contributed by atoms with Crippen LogP contribution < -0.4 is 11.1 Å². The van der Waals surface area contributed by atoms with Crippen molar-refractivity contribution in [2.75, 3.05) is 26.2 Å². The number of hydrogen-bond donors (Lipinski definition) is 2. The molecule has 0 aromatic carbocycles. The predicted octanol–water partition coefficient (Wildman–Crippen LogP) is 0.572. The highest BCUT2D eigenvalue weighted by Gasteiger charge is 2.24. The van der Waals surface area contributed by atoms with Crippen LogP contribution in [0.2, 0.25) is 0 Å². The molecule has 0 bridgehead atoms. The molecule has 0 spiro atoms. The molecule has 0 radical (unpaired) electrons. The molecule has 1 heterocycles. The third kappa shape index (κ3) is 4.49. The maximum absolute atomic E-state index is 11.1. The molecule has 2 unspecified atom stereocenters. The summed E-state index contributed by atoms with van der Waals surface area (Å²) in [6, 6.07) is 0.475. The van der Waals surface area contributed by atoms with Crippen LogP contribution >= 0.6 is 0 Å². The lowest BCUT2D eigenvalue weighted by Crippen LogP contribution is -2.51. The van der Waals surface area contributed by atoms with E-state index in [-0.39, 0.29) is 5.91 Å². The SMILES string of the molecule is CCCCN(CC(N)=O)C1CNCC(C)C1. The number of unbranched alkanes of at least 4 members (excludes halogenated alkanes) is 1. The summed E-state index contributed by atoms with van der Waals surface area (Å²) in [7, 11) is 0. The lowest BCUT2D eigenvalue weighted by atomic mass is 9.96. The number of nitrogens with one attached hydrogen (secondary N) is 1. The first-order valence-electron chi connectivity index (χ1n) is 6.36. The van der Waals surface area contributed by atoms with E-state index in [4.69, 9.17) is 5.73 Å². The highest BCUT2D eigenvalue weighted by molar-refractivity contribution is 5.75. The summed E-state index contributed by atoms with van der Waals surface area (Å²) in [6.07, 6.45) is 3.47. The molecule has 1 saturated heterocycles. The molecule has 1 rings (SSSR count). The minimum absolute atomic E-state index is 0.214. The van der Waals surface area contributed by atoms with Gasteiger partial charge in [0.15, 0.2) is 0 Å². The smallest absolute Gasteiger partial charge is 0.231 e.